The number of nitriles is 1. The maximum absolute atomic E-state index is 12.9. The normalized spacial score (nSPS) is 10.2. The monoisotopic (exact) mass is 313 g/mol. The smallest absolute Gasteiger partial charge is 0.195 e. The molecule has 0 aliphatic rings. The van der Waals surface area contributed by atoms with Gasteiger partial charge in [0.15, 0.2) is 5.78 Å². The molecule has 0 saturated heterocycles. The summed E-state index contributed by atoms with van der Waals surface area (Å²) < 4.78 is 0. The number of carbonyl (C=O) groups excluding carboxylic acids is 1. The Kier molecular flexibility index (Phi) is 4.09. The first kappa shape index (κ1) is 15.4. The van der Waals surface area contributed by atoms with Crippen molar-refractivity contribution in [2.75, 3.05) is 5.73 Å². The van der Waals surface area contributed by atoms with Crippen molar-refractivity contribution in [2.45, 2.75) is 6.92 Å². The van der Waals surface area contributed by atoms with Gasteiger partial charge in [-0.05, 0) is 12.5 Å². The second-order valence-electron chi connectivity index (χ2n) is 5.48. The van der Waals surface area contributed by atoms with Crippen LogP contribution in [0.3, 0.4) is 0 Å². The van der Waals surface area contributed by atoms with E-state index in [1.165, 1.54) is 6.20 Å². The third-order valence-electron chi connectivity index (χ3n) is 3.84. The molecule has 0 aliphatic heterocycles. The molecule has 4 nitrogen and oxygen atoms in total. The lowest BCUT2D eigenvalue weighted by Crippen LogP contribution is -2.08. The third kappa shape index (κ3) is 2.75. The van der Waals surface area contributed by atoms with E-state index in [9.17, 15) is 10.1 Å². The zero-order valence-electron chi connectivity index (χ0n) is 13.2. The van der Waals surface area contributed by atoms with Crippen molar-refractivity contribution < 1.29 is 4.79 Å². The Morgan fingerprint density at radius 2 is 1.75 bits per heavy atom. The number of pyridine rings is 1. The fraction of sp³-hybridized carbons (Fsp3) is 0.0500. The Bertz CT molecular complexity index is 939. The van der Waals surface area contributed by atoms with E-state index in [4.69, 9.17) is 5.73 Å². The van der Waals surface area contributed by atoms with Gasteiger partial charge in [-0.2, -0.15) is 5.26 Å². The summed E-state index contributed by atoms with van der Waals surface area (Å²) in [6.45, 7) is 1.96. The van der Waals surface area contributed by atoms with Gasteiger partial charge in [0, 0.05) is 17.3 Å². The van der Waals surface area contributed by atoms with Crippen LogP contribution in [0.5, 0.6) is 0 Å². The molecule has 0 saturated carbocycles. The molecule has 0 fully saturated rings. The number of rotatable bonds is 3. The van der Waals surface area contributed by atoms with Gasteiger partial charge < -0.3 is 5.73 Å². The standard InChI is InChI=1S/C20H15N3O/c1-13-7-9-15(10-8-13)19(24)17-12-23-20(22)16(11-21)18(17)14-5-3-2-4-6-14/h2-10,12H,1H3,(H2,22,23). The fourth-order valence-electron chi connectivity index (χ4n) is 2.58. The number of hydrogen-bond acceptors (Lipinski definition) is 4. The average molecular weight is 313 g/mol. The predicted molar refractivity (Wildman–Crippen MR) is 93.4 cm³/mol. The summed E-state index contributed by atoms with van der Waals surface area (Å²) in [6, 6.07) is 18.7. The van der Waals surface area contributed by atoms with E-state index in [0.717, 1.165) is 11.1 Å². The number of ketones is 1. The van der Waals surface area contributed by atoms with Gasteiger partial charge in [-0.1, -0.05) is 60.2 Å². The fourth-order valence-corrected chi connectivity index (χ4v) is 2.58. The van der Waals surface area contributed by atoms with E-state index >= 15 is 0 Å². The lowest BCUT2D eigenvalue weighted by molar-refractivity contribution is 0.103. The van der Waals surface area contributed by atoms with E-state index in [-0.39, 0.29) is 17.2 Å². The first-order chi connectivity index (χ1) is 11.6. The topological polar surface area (TPSA) is 79.8 Å². The number of nitrogens with zero attached hydrogens (tertiary/aromatic N) is 2. The maximum atomic E-state index is 12.9. The zero-order chi connectivity index (χ0) is 17.1. The van der Waals surface area contributed by atoms with Crippen molar-refractivity contribution in [1.82, 2.24) is 4.98 Å². The van der Waals surface area contributed by atoms with Gasteiger partial charge >= 0.3 is 0 Å². The number of aryl methyl sites for hydroxylation is 1. The van der Waals surface area contributed by atoms with Crippen molar-refractivity contribution in [1.29, 1.82) is 5.26 Å². The summed E-state index contributed by atoms with van der Waals surface area (Å²) in [5.41, 5.74) is 9.35. The van der Waals surface area contributed by atoms with Crippen molar-refractivity contribution >= 4 is 11.6 Å². The Hall–Kier alpha value is -3.45. The first-order valence-corrected chi connectivity index (χ1v) is 7.47. The average Bonchev–Trinajstić information content (AvgIpc) is 2.62. The zero-order valence-corrected chi connectivity index (χ0v) is 13.2. The number of carbonyl (C=O) groups is 1. The first-order valence-electron chi connectivity index (χ1n) is 7.47. The van der Waals surface area contributed by atoms with Gasteiger partial charge in [0.05, 0.1) is 5.56 Å². The molecule has 3 aromatic rings. The lowest BCUT2D eigenvalue weighted by Gasteiger charge is -2.12. The van der Waals surface area contributed by atoms with Crippen LogP contribution in [-0.2, 0) is 0 Å². The molecule has 0 spiro atoms. The second kappa shape index (κ2) is 6.35. The van der Waals surface area contributed by atoms with Crippen LogP contribution in [-0.4, -0.2) is 10.8 Å². The molecule has 0 bridgehead atoms. The summed E-state index contributed by atoms with van der Waals surface area (Å²) in [4.78, 5) is 17.0. The van der Waals surface area contributed by atoms with Crippen molar-refractivity contribution in [3.05, 3.63) is 83.0 Å². The Balaban J connectivity index is 2.23. The molecule has 1 aromatic heterocycles. The molecule has 0 atom stereocenters. The molecule has 0 radical (unpaired) electrons. The van der Waals surface area contributed by atoms with Gasteiger partial charge in [-0.25, -0.2) is 4.98 Å². The summed E-state index contributed by atoms with van der Waals surface area (Å²) in [6.07, 6.45) is 1.45. The molecule has 24 heavy (non-hydrogen) atoms. The van der Waals surface area contributed by atoms with Crippen LogP contribution in [0.25, 0.3) is 11.1 Å². The van der Waals surface area contributed by atoms with E-state index in [1.54, 1.807) is 12.1 Å². The molecule has 0 amide bonds. The molecule has 4 heteroatoms. The largest absolute Gasteiger partial charge is 0.383 e. The molecular formula is C20H15N3O. The highest BCUT2D eigenvalue weighted by molar-refractivity contribution is 6.13. The minimum atomic E-state index is -0.183. The van der Waals surface area contributed by atoms with Crippen molar-refractivity contribution in [3.63, 3.8) is 0 Å². The molecule has 2 N–H and O–H groups in total. The van der Waals surface area contributed by atoms with Crippen molar-refractivity contribution in [2.24, 2.45) is 0 Å². The molecule has 2 aromatic carbocycles. The summed E-state index contributed by atoms with van der Waals surface area (Å²) in [5, 5.41) is 9.49. The Labute approximate surface area is 140 Å². The van der Waals surface area contributed by atoms with Crippen LogP contribution in [0.15, 0.2) is 60.8 Å². The van der Waals surface area contributed by atoms with E-state index in [0.29, 0.717) is 16.7 Å². The molecule has 3 rings (SSSR count). The van der Waals surface area contributed by atoms with Gasteiger partial charge in [-0.3, -0.25) is 4.79 Å². The van der Waals surface area contributed by atoms with Gasteiger partial charge in [0.1, 0.15) is 17.5 Å². The quantitative estimate of drug-likeness (QED) is 0.747. The number of nitrogen functional groups attached to an aromatic ring is 1. The number of aromatic nitrogens is 1. The van der Waals surface area contributed by atoms with Crippen LogP contribution in [0.2, 0.25) is 0 Å². The summed E-state index contributed by atoms with van der Waals surface area (Å²) >= 11 is 0. The SMILES string of the molecule is Cc1ccc(C(=O)c2cnc(N)c(C#N)c2-c2ccccc2)cc1. The predicted octanol–water partition coefficient (Wildman–Crippen LogP) is 3.74. The van der Waals surface area contributed by atoms with E-state index in [1.807, 2.05) is 49.4 Å². The maximum Gasteiger partial charge on any atom is 0.195 e. The van der Waals surface area contributed by atoms with Gasteiger partial charge in [0.25, 0.3) is 0 Å². The van der Waals surface area contributed by atoms with Crippen LogP contribution in [0.4, 0.5) is 5.82 Å². The Morgan fingerprint density at radius 1 is 1.08 bits per heavy atom. The molecule has 1 heterocycles. The van der Waals surface area contributed by atoms with Crippen LogP contribution < -0.4 is 5.73 Å². The highest BCUT2D eigenvalue weighted by Crippen LogP contribution is 2.31. The Morgan fingerprint density at radius 3 is 2.38 bits per heavy atom. The number of anilines is 1. The highest BCUT2D eigenvalue weighted by atomic mass is 16.1. The second-order valence-corrected chi connectivity index (χ2v) is 5.48. The molecular weight excluding hydrogens is 298 g/mol. The minimum Gasteiger partial charge on any atom is -0.383 e. The van der Waals surface area contributed by atoms with Crippen LogP contribution in [0.1, 0.15) is 27.0 Å². The highest BCUT2D eigenvalue weighted by Gasteiger charge is 2.20. The van der Waals surface area contributed by atoms with Gasteiger partial charge in [-0.15, -0.1) is 0 Å². The van der Waals surface area contributed by atoms with Gasteiger partial charge in [0.2, 0.25) is 0 Å². The van der Waals surface area contributed by atoms with Crippen LogP contribution in [0, 0.1) is 18.3 Å². The van der Waals surface area contributed by atoms with E-state index < -0.39 is 0 Å². The number of hydrogen-bond donors (Lipinski definition) is 1. The van der Waals surface area contributed by atoms with E-state index in [2.05, 4.69) is 11.1 Å². The molecule has 0 unspecified atom stereocenters. The van der Waals surface area contributed by atoms with Crippen LogP contribution >= 0.6 is 0 Å². The molecule has 116 valence electrons. The summed E-state index contributed by atoms with van der Waals surface area (Å²) in [7, 11) is 0. The summed E-state index contributed by atoms with van der Waals surface area (Å²) in [5.74, 6) is -0.0605. The molecule has 0 aliphatic carbocycles. The number of benzene rings is 2. The minimum absolute atomic E-state index is 0.122. The third-order valence-corrected chi connectivity index (χ3v) is 3.84. The lowest BCUT2D eigenvalue weighted by atomic mass is 9.92. The van der Waals surface area contributed by atoms with Crippen molar-refractivity contribution in [3.8, 4) is 17.2 Å². The number of nitrogens with two attached hydrogens (primary N) is 1.